The van der Waals surface area contributed by atoms with Crippen LogP contribution >= 0.6 is 11.8 Å². The minimum atomic E-state index is -0.475. The summed E-state index contributed by atoms with van der Waals surface area (Å²) in [6, 6.07) is 19.1. The van der Waals surface area contributed by atoms with E-state index < -0.39 is 5.37 Å². The molecule has 3 rings (SSSR count). The van der Waals surface area contributed by atoms with Crippen molar-refractivity contribution in [3.63, 3.8) is 0 Å². The van der Waals surface area contributed by atoms with Gasteiger partial charge in [0.05, 0.1) is 6.61 Å². The van der Waals surface area contributed by atoms with E-state index in [1.807, 2.05) is 60.4 Å². The van der Waals surface area contributed by atoms with Gasteiger partial charge in [0.1, 0.15) is 10.3 Å². The lowest BCUT2D eigenvalue weighted by Crippen LogP contribution is -2.34. The number of ketones is 1. The van der Waals surface area contributed by atoms with Gasteiger partial charge in [-0.3, -0.25) is 4.79 Å². The van der Waals surface area contributed by atoms with Crippen LogP contribution in [0.2, 0.25) is 0 Å². The second kappa shape index (κ2) is 8.23. The van der Waals surface area contributed by atoms with Crippen molar-refractivity contribution >= 4 is 23.5 Å². The number of benzene rings is 2. The standard InChI is InChI=1S/C21H21NO3S/c1-3-25-21(24)19-15(2)22(14-16-10-6-4-7-11-16)20(26-19)18(23)17-12-8-5-9-13-17/h4-13,20H,3,14H2,1-2H3. The molecule has 0 saturated heterocycles. The molecule has 1 aliphatic heterocycles. The minimum Gasteiger partial charge on any atom is -0.462 e. The Balaban J connectivity index is 1.92. The van der Waals surface area contributed by atoms with Gasteiger partial charge >= 0.3 is 5.97 Å². The number of Topliss-reactive ketones (excluding diaryl/α,β-unsaturated/α-hetero) is 1. The fourth-order valence-electron chi connectivity index (χ4n) is 2.88. The van der Waals surface area contributed by atoms with Crippen LogP contribution in [-0.2, 0) is 16.1 Å². The topological polar surface area (TPSA) is 46.6 Å². The van der Waals surface area contributed by atoms with Crippen molar-refractivity contribution in [2.24, 2.45) is 0 Å². The van der Waals surface area contributed by atoms with Crippen molar-refractivity contribution in [1.29, 1.82) is 0 Å². The molecule has 1 atom stereocenters. The molecular formula is C21H21NO3S. The molecule has 5 heteroatoms. The molecule has 0 N–H and O–H groups in total. The Labute approximate surface area is 157 Å². The summed E-state index contributed by atoms with van der Waals surface area (Å²) in [5, 5.41) is -0.475. The van der Waals surface area contributed by atoms with Crippen molar-refractivity contribution in [3.05, 3.63) is 82.4 Å². The first-order chi connectivity index (χ1) is 12.6. The molecule has 0 radical (unpaired) electrons. The molecule has 134 valence electrons. The van der Waals surface area contributed by atoms with Crippen LogP contribution in [-0.4, -0.2) is 28.6 Å². The van der Waals surface area contributed by atoms with E-state index in [4.69, 9.17) is 4.74 Å². The van der Waals surface area contributed by atoms with Crippen molar-refractivity contribution in [2.75, 3.05) is 6.61 Å². The number of ether oxygens (including phenoxy) is 1. The maximum absolute atomic E-state index is 13.1. The van der Waals surface area contributed by atoms with Crippen LogP contribution < -0.4 is 0 Å². The number of thioether (sulfide) groups is 1. The molecule has 0 aliphatic carbocycles. The molecule has 0 spiro atoms. The number of nitrogens with zero attached hydrogens (tertiary/aromatic N) is 1. The molecule has 2 aromatic rings. The maximum Gasteiger partial charge on any atom is 0.346 e. The van der Waals surface area contributed by atoms with Crippen LogP contribution in [0.3, 0.4) is 0 Å². The number of carbonyl (C=O) groups is 2. The van der Waals surface area contributed by atoms with Gasteiger partial charge in [-0.25, -0.2) is 4.79 Å². The van der Waals surface area contributed by atoms with E-state index in [-0.39, 0.29) is 11.8 Å². The van der Waals surface area contributed by atoms with Gasteiger partial charge in [0.15, 0.2) is 5.78 Å². The number of carbonyl (C=O) groups excluding carboxylic acids is 2. The van der Waals surface area contributed by atoms with E-state index in [0.717, 1.165) is 11.3 Å². The molecule has 0 aromatic heterocycles. The predicted octanol–water partition coefficient (Wildman–Crippen LogP) is 4.24. The van der Waals surface area contributed by atoms with Crippen LogP contribution in [0.5, 0.6) is 0 Å². The zero-order valence-corrected chi connectivity index (χ0v) is 15.7. The van der Waals surface area contributed by atoms with Gasteiger partial charge in [0, 0.05) is 17.8 Å². The average Bonchev–Trinajstić information content (AvgIpc) is 2.99. The van der Waals surface area contributed by atoms with E-state index in [0.29, 0.717) is 23.6 Å². The summed E-state index contributed by atoms with van der Waals surface area (Å²) >= 11 is 1.28. The Morgan fingerprint density at radius 1 is 1.04 bits per heavy atom. The first-order valence-corrected chi connectivity index (χ1v) is 9.44. The normalized spacial score (nSPS) is 16.7. The van der Waals surface area contributed by atoms with Gasteiger partial charge in [-0.05, 0) is 19.4 Å². The van der Waals surface area contributed by atoms with E-state index in [1.165, 1.54) is 11.8 Å². The van der Waals surface area contributed by atoms with Crippen molar-refractivity contribution in [1.82, 2.24) is 4.90 Å². The summed E-state index contributed by atoms with van der Waals surface area (Å²) in [5.74, 6) is -0.374. The molecule has 1 aliphatic rings. The first kappa shape index (κ1) is 18.3. The monoisotopic (exact) mass is 367 g/mol. The third-order valence-electron chi connectivity index (χ3n) is 4.21. The lowest BCUT2D eigenvalue weighted by Gasteiger charge is -2.26. The van der Waals surface area contributed by atoms with Gasteiger partial charge in [-0.1, -0.05) is 72.4 Å². The van der Waals surface area contributed by atoms with Crippen LogP contribution in [0.1, 0.15) is 29.8 Å². The summed E-state index contributed by atoms with van der Waals surface area (Å²) in [7, 11) is 0. The molecule has 0 saturated carbocycles. The largest absolute Gasteiger partial charge is 0.462 e. The Morgan fingerprint density at radius 2 is 1.65 bits per heavy atom. The van der Waals surface area contributed by atoms with E-state index in [2.05, 4.69) is 0 Å². The van der Waals surface area contributed by atoms with Crippen LogP contribution in [0.25, 0.3) is 0 Å². The van der Waals surface area contributed by atoms with Gasteiger partial charge in [-0.2, -0.15) is 0 Å². The number of hydrogen-bond donors (Lipinski definition) is 0. The summed E-state index contributed by atoms with van der Waals surface area (Å²) in [5.41, 5.74) is 2.51. The quantitative estimate of drug-likeness (QED) is 0.564. The van der Waals surface area contributed by atoms with Crippen LogP contribution in [0.15, 0.2) is 71.3 Å². The Hall–Kier alpha value is -2.53. The van der Waals surface area contributed by atoms with Gasteiger partial charge in [0.25, 0.3) is 0 Å². The number of hydrogen-bond acceptors (Lipinski definition) is 5. The Morgan fingerprint density at radius 3 is 2.27 bits per heavy atom. The fourth-order valence-corrected chi connectivity index (χ4v) is 4.15. The minimum absolute atomic E-state index is 0.00909. The molecule has 4 nitrogen and oxygen atoms in total. The smallest absolute Gasteiger partial charge is 0.346 e. The summed E-state index contributed by atoms with van der Waals surface area (Å²) in [6.45, 7) is 4.53. The molecule has 1 unspecified atom stereocenters. The molecule has 2 aromatic carbocycles. The summed E-state index contributed by atoms with van der Waals surface area (Å²) in [4.78, 5) is 27.9. The SMILES string of the molecule is CCOC(=O)C1=C(C)N(Cc2ccccc2)C(C(=O)c2ccccc2)S1. The zero-order chi connectivity index (χ0) is 18.5. The number of rotatable bonds is 6. The lowest BCUT2D eigenvalue weighted by molar-refractivity contribution is -0.137. The van der Waals surface area contributed by atoms with Crippen molar-refractivity contribution < 1.29 is 14.3 Å². The van der Waals surface area contributed by atoms with Gasteiger partial charge in [-0.15, -0.1) is 0 Å². The summed E-state index contributed by atoms with van der Waals surface area (Å²) in [6.07, 6.45) is 0. The Bertz CT molecular complexity index is 818. The number of esters is 1. The maximum atomic E-state index is 13.1. The first-order valence-electron chi connectivity index (χ1n) is 8.56. The molecular weight excluding hydrogens is 346 g/mol. The van der Waals surface area contributed by atoms with E-state index in [1.54, 1.807) is 19.1 Å². The lowest BCUT2D eigenvalue weighted by atomic mass is 10.1. The van der Waals surface area contributed by atoms with Crippen LogP contribution in [0.4, 0.5) is 0 Å². The molecule has 26 heavy (non-hydrogen) atoms. The van der Waals surface area contributed by atoms with Crippen molar-refractivity contribution in [3.8, 4) is 0 Å². The highest BCUT2D eigenvalue weighted by atomic mass is 32.2. The summed E-state index contributed by atoms with van der Waals surface area (Å²) < 4.78 is 5.17. The zero-order valence-electron chi connectivity index (χ0n) is 14.8. The molecule has 0 fully saturated rings. The average molecular weight is 367 g/mol. The van der Waals surface area contributed by atoms with Crippen LogP contribution in [0, 0.1) is 0 Å². The number of allylic oxidation sites excluding steroid dienone is 1. The highest BCUT2D eigenvalue weighted by Gasteiger charge is 2.38. The third-order valence-corrected chi connectivity index (χ3v) is 5.60. The second-order valence-corrected chi connectivity index (χ2v) is 7.04. The Kier molecular flexibility index (Phi) is 5.78. The van der Waals surface area contributed by atoms with E-state index in [9.17, 15) is 9.59 Å². The molecule has 0 bridgehead atoms. The van der Waals surface area contributed by atoms with Gasteiger partial charge < -0.3 is 9.64 Å². The van der Waals surface area contributed by atoms with Crippen molar-refractivity contribution in [2.45, 2.75) is 25.8 Å². The van der Waals surface area contributed by atoms with E-state index >= 15 is 0 Å². The highest BCUT2D eigenvalue weighted by Crippen LogP contribution is 2.41. The fraction of sp³-hybridized carbons (Fsp3) is 0.238. The second-order valence-electron chi connectivity index (χ2n) is 5.95. The molecule has 0 amide bonds. The highest BCUT2D eigenvalue weighted by molar-refractivity contribution is 8.05. The molecule has 1 heterocycles. The third kappa shape index (κ3) is 3.83. The predicted molar refractivity (Wildman–Crippen MR) is 103 cm³/mol. The van der Waals surface area contributed by atoms with Gasteiger partial charge in [0.2, 0.25) is 0 Å².